The van der Waals surface area contributed by atoms with Crippen molar-refractivity contribution >= 4 is 27.3 Å². The Morgan fingerprint density at radius 1 is 1.53 bits per heavy atom. The van der Waals surface area contributed by atoms with Crippen LogP contribution in [-0.2, 0) is 6.54 Å². The maximum absolute atomic E-state index is 3.72. The van der Waals surface area contributed by atoms with Crippen LogP contribution in [0.2, 0.25) is 0 Å². The minimum atomic E-state index is 0.661. The van der Waals surface area contributed by atoms with Crippen molar-refractivity contribution in [3.63, 3.8) is 0 Å². The van der Waals surface area contributed by atoms with Crippen molar-refractivity contribution in [3.8, 4) is 0 Å². The van der Waals surface area contributed by atoms with E-state index in [0.29, 0.717) is 18.0 Å². The summed E-state index contributed by atoms with van der Waals surface area (Å²) in [6.45, 7) is 10.4. The number of hydrogen-bond donors (Lipinski definition) is 1. The Kier molecular flexibility index (Phi) is 5.87. The van der Waals surface area contributed by atoms with Crippen LogP contribution in [-0.4, -0.2) is 30.1 Å². The van der Waals surface area contributed by atoms with Crippen LogP contribution >= 0.6 is 27.3 Å². The minimum absolute atomic E-state index is 0.661. The normalized spacial score (nSPS) is 25.1. The molecule has 0 bridgehead atoms. The Bertz CT molecular complexity index is 391. The maximum atomic E-state index is 3.72. The first kappa shape index (κ1) is 15.5. The number of halogens is 1. The quantitative estimate of drug-likeness (QED) is 0.864. The van der Waals surface area contributed by atoms with E-state index < -0.39 is 0 Å². The number of nitrogens with zero attached hydrogens (tertiary/aromatic N) is 1. The monoisotopic (exact) mass is 344 g/mol. The van der Waals surface area contributed by atoms with E-state index in [0.717, 1.165) is 13.1 Å². The molecule has 1 N–H and O–H groups in total. The first-order valence-corrected chi connectivity index (χ1v) is 8.97. The molecule has 0 spiro atoms. The molecule has 1 fully saturated rings. The van der Waals surface area contributed by atoms with Gasteiger partial charge in [0.1, 0.15) is 0 Å². The van der Waals surface area contributed by atoms with E-state index in [4.69, 9.17) is 0 Å². The molecule has 2 atom stereocenters. The Balaban J connectivity index is 2.02. The van der Waals surface area contributed by atoms with Crippen LogP contribution in [0, 0.1) is 5.92 Å². The van der Waals surface area contributed by atoms with Crippen LogP contribution in [0.5, 0.6) is 0 Å². The third kappa shape index (κ3) is 4.28. The molecule has 0 amide bonds. The SMILES string of the molecule is CCCC1CN(Cc2cc(Br)cs2)C(C(C)C)CN1. The molecule has 0 saturated carbocycles. The fourth-order valence-electron chi connectivity index (χ4n) is 2.92. The van der Waals surface area contributed by atoms with Gasteiger partial charge in [-0.25, -0.2) is 0 Å². The smallest absolute Gasteiger partial charge is 0.0332 e. The maximum Gasteiger partial charge on any atom is 0.0332 e. The molecule has 2 nitrogen and oxygen atoms in total. The minimum Gasteiger partial charge on any atom is -0.311 e. The molecular weight excluding hydrogens is 320 g/mol. The van der Waals surface area contributed by atoms with Crippen molar-refractivity contribution in [2.24, 2.45) is 5.92 Å². The lowest BCUT2D eigenvalue weighted by molar-refractivity contribution is 0.0895. The summed E-state index contributed by atoms with van der Waals surface area (Å²) in [5, 5.41) is 5.91. The molecular formula is C15H25BrN2S. The van der Waals surface area contributed by atoms with Crippen molar-refractivity contribution in [1.82, 2.24) is 10.2 Å². The molecule has 0 aliphatic carbocycles. The molecule has 2 unspecified atom stereocenters. The molecule has 1 aromatic rings. The molecule has 2 heterocycles. The van der Waals surface area contributed by atoms with Gasteiger partial charge < -0.3 is 5.32 Å². The number of thiophene rings is 1. The number of nitrogens with one attached hydrogen (secondary N) is 1. The average Bonchev–Trinajstić information content (AvgIpc) is 2.75. The molecule has 1 aliphatic heterocycles. The van der Waals surface area contributed by atoms with Gasteiger partial charge in [0.25, 0.3) is 0 Å². The Labute approximate surface area is 129 Å². The van der Waals surface area contributed by atoms with E-state index in [-0.39, 0.29) is 0 Å². The number of rotatable bonds is 5. The topological polar surface area (TPSA) is 15.3 Å². The van der Waals surface area contributed by atoms with Crippen LogP contribution in [0.25, 0.3) is 0 Å². The first-order valence-electron chi connectivity index (χ1n) is 7.30. The molecule has 4 heteroatoms. The van der Waals surface area contributed by atoms with Gasteiger partial charge in [-0.05, 0) is 34.3 Å². The summed E-state index contributed by atoms with van der Waals surface area (Å²) in [4.78, 5) is 4.15. The molecule has 1 saturated heterocycles. The van der Waals surface area contributed by atoms with Gasteiger partial charge in [0.15, 0.2) is 0 Å². The van der Waals surface area contributed by atoms with Crippen LogP contribution in [0.4, 0.5) is 0 Å². The average molecular weight is 345 g/mol. The van der Waals surface area contributed by atoms with E-state index in [2.05, 4.69) is 58.4 Å². The fourth-order valence-corrected chi connectivity index (χ4v) is 4.39. The van der Waals surface area contributed by atoms with Crippen molar-refractivity contribution in [2.75, 3.05) is 13.1 Å². The van der Waals surface area contributed by atoms with Gasteiger partial charge in [0.2, 0.25) is 0 Å². The molecule has 1 aromatic heterocycles. The Morgan fingerprint density at radius 3 is 2.89 bits per heavy atom. The van der Waals surface area contributed by atoms with Crippen LogP contribution in [0.3, 0.4) is 0 Å². The van der Waals surface area contributed by atoms with Crippen molar-refractivity contribution < 1.29 is 0 Å². The zero-order valence-corrected chi connectivity index (χ0v) is 14.6. The molecule has 2 rings (SSSR count). The molecule has 19 heavy (non-hydrogen) atoms. The second-order valence-electron chi connectivity index (χ2n) is 5.87. The van der Waals surface area contributed by atoms with Gasteiger partial charge in [-0.3, -0.25) is 4.90 Å². The summed E-state index contributed by atoms with van der Waals surface area (Å²) in [6.07, 6.45) is 2.55. The molecule has 1 aliphatic rings. The summed E-state index contributed by atoms with van der Waals surface area (Å²) in [7, 11) is 0. The van der Waals surface area contributed by atoms with Gasteiger partial charge in [0, 0.05) is 46.4 Å². The van der Waals surface area contributed by atoms with E-state index in [9.17, 15) is 0 Å². The van der Waals surface area contributed by atoms with Gasteiger partial charge in [0.05, 0.1) is 0 Å². The molecule has 0 aromatic carbocycles. The summed E-state index contributed by atoms with van der Waals surface area (Å²) in [5.74, 6) is 0.707. The molecule has 108 valence electrons. The second-order valence-corrected chi connectivity index (χ2v) is 7.78. The van der Waals surface area contributed by atoms with Crippen molar-refractivity contribution in [3.05, 3.63) is 20.8 Å². The van der Waals surface area contributed by atoms with Crippen LogP contribution < -0.4 is 5.32 Å². The highest BCUT2D eigenvalue weighted by Crippen LogP contribution is 2.25. The third-order valence-electron chi connectivity index (χ3n) is 3.93. The Morgan fingerprint density at radius 2 is 2.32 bits per heavy atom. The van der Waals surface area contributed by atoms with E-state index >= 15 is 0 Å². The third-order valence-corrected chi connectivity index (χ3v) is 5.61. The van der Waals surface area contributed by atoms with Crippen LogP contribution in [0.1, 0.15) is 38.5 Å². The van der Waals surface area contributed by atoms with E-state index in [1.807, 2.05) is 11.3 Å². The zero-order valence-electron chi connectivity index (χ0n) is 12.2. The molecule has 0 radical (unpaired) electrons. The Hall–Kier alpha value is 0.1000. The summed E-state index contributed by atoms with van der Waals surface area (Å²) in [6, 6.07) is 3.59. The standard InChI is InChI=1S/C15H25BrN2S/c1-4-5-13-8-18(15(7-17-13)11(2)3)9-14-6-12(16)10-19-14/h6,10-11,13,15,17H,4-5,7-9H2,1-3H3. The number of hydrogen-bond acceptors (Lipinski definition) is 3. The highest BCUT2D eigenvalue weighted by atomic mass is 79.9. The predicted molar refractivity (Wildman–Crippen MR) is 87.8 cm³/mol. The van der Waals surface area contributed by atoms with Gasteiger partial charge in [-0.2, -0.15) is 0 Å². The van der Waals surface area contributed by atoms with Crippen molar-refractivity contribution in [2.45, 2.75) is 52.2 Å². The number of piperazine rings is 1. The lowest BCUT2D eigenvalue weighted by Gasteiger charge is -2.42. The van der Waals surface area contributed by atoms with E-state index in [1.54, 1.807) is 0 Å². The largest absolute Gasteiger partial charge is 0.311 e. The highest BCUT2D eigenvalue weighted by Gasteiger charge is 2.29. The van der Waals surface area contributed by atoms with Gasteiger partial charge in [-0.15, -0.1) is 11.3 Å². The lowest BCUT2D eigenvalue weighted by Crippen LogP contribution is -2.57. The second kappa shape index (κ2) is 7.21. The lowest BCUT2D eigenvalue weighted by atomic mass is 9.97. The van der Waals surface area contributed by atoms with Crippen LogP contribution in [0.15, 0.2) is 15.9 Å². The summed E-state index contributed by atoms with van der Waals surface area (Å²) < 4.78 is 1.22. The van der Waals surface area contributed by atoms with Gasteiger partial charge in [-0.1, -0.05) is 27.2 Å². The predicted octanol–water partition coefficient (Wildman–Crippen LogP) is 4.11. The highest BCUT2D eigenvalue weighted by molar-refractivity contribution is 9.10. The van der Waals surface area contributed by atoms with Gasteiger partial charge >= 0.3 is 0 Å². The summed E-state index contributed by atoms with van der Waals surface area (Å²) in [5.41, 5.74) is 0. The first-order chi connectivity index (χ1) is 9.10. The summed E-state index contributed by atoms with van der Waals surface area (Å²) >= 11 is 5.42. The fraction of sp³-hybridized carbons (Fsp3) is 0.733. The van der Waals surface area contributed by atoms with E-state index in [1.165, 1.54) is 28.7 Å². The van der Waals surface area contributed by atoms with Crippen molar-refractivity contribution in [1.29, 1.82) is 0 Å². The zero-order chi connectivity index (χ0) is 13.8.